The third kappa shape index (κ3) is 1.97. The van der Waals surface area contributed by atoms with Crippen molar-refractivity contribution in [2.24, 2.45) is 11.7 Å². The van der Waals surface area contributed by atoms with Crippen LogP contribution in [-0.2, 0) is 9.59 Å². The maximum absolute atomic E-state index is 11.6. The highest BCUT2D eigenvalue weighted by Gasteiger charge is 2.40. The largest absolute Gasteiger partial charge is 0.329 e. The number of nitrogens with two attached hydrogens (primary N) is 1. The number of hydrogen-bond acceptors (Lipinski definition) is 4. The molecule has 0 aromatic carbocycles. The van der Waals surface area contributed by atoms with Gasteiger partial charge in [0.2, 0.25) is 11.8 Å². The number of nitrogens with zero attached hydrogens (tertiary/aromatic N) is 1. The summed E-state index contributed by atoms with van der Waals surface area (Å²) in [6.07, 6.45) is 2.53. The van der Waals surface area contributed by atoms with Crippen molar-refractivity contribution in [1.29, 1.82) is 0 Å². The second-order valence-electron chi connectivity index (χ2n) is 4.79. The highest BCUT2D eigenvalue weighted by molar-refractivity contribution is 6.05. The lowest BCUT2D eigenvalue weighted by molar-refractivity contribution is -0.127. The Bertz CT molecular complexity index is 306. The maximum atomic E-state index is 11.6. The van der Waals surface area contributed by atoms with Gasteiger partial charge in [-0.2, -0.15) is 0 Å². The summed E-state index contributed by atoms with van der Waals surface area (Å²) >= 11 is 0. The molecular weight excluding hydrogens is 206 g/mol. The standard InChI is InChI=1S/C11H19N3O2/c1-7-3-2-4-14(9(7)6-12)8-5-10(15)13-11(8)16/h7-9H,2-6,12H2,1H3,(H,13,15,16). The van der Waals surface area contributed by atoms with Crippen LogP contribution >= 0.6 is 0 Å². The summed E-state index contributed by atoms with van der Waals surface area (Å²) in [4.78, 5) is 25.0. The van der Waals surface area contributed by atoms with Crippen molar-refractivity contribution in [3.05, 3.63) is 0 Å². The van der Waals surface area contributed by atoms with Crippen LogP contribution in [0.3, 0.4) is 0 Å². The number of carbonyl (C=O) groups excluding carboxylic acids is 2. The number of rotatable bonds is 2. The van der Waals surface area contributed by atoms with E-state index in [0.29, 0.717) is 18.9 Å². The highest BCUT2D eigenvalue weighted by Crippen LogP contribution is 2.26. The summed E-state index contributed by atoms with van der Waals surface area (Å²) in [5.41, 5.74) is 5.77. The van der Waals surface area contributed by atoms with Crippen LogP contribution in [0.2, 0.25) is 0 Å². The molecule has 5 nitrogen and oxygen atoms in total. The second kappa shape index (κ2) is 4.51. The van der Waals surface area contributed by atoms with Crippen LogP contribution in [0.5, 0.6) is 0 Å². The molecule has 0 saturated carbocycles. The predicted octanol–water partition coefficient (Wildman–Crippen LogP) is -0.539. The fourth-order valence-electron chi connectivity index (χ4n) is 2.84. The highest BCUT2D eigenvalue weighted by atomic mass is 16.2. The third-order valence-corrected chi connectivity index (χ3v) is 3.74. The van der Waals surface area contributed by atoms with Crippen LogP contribution in [0.4, 0.5) is 0 Å². The Morgan fingerprint density at radius 2 is 2.25 bits per heavy atom. The average Bonchev–Trinajstić information content (AvgIpc) is 2.57. The summed E-state index contributed by atoms with van der Waals surface area (Å²) in [7, 11) is 0. The van der Waals surface area contributed by atoms with Gasteiger partial charge in [-0.05, 0) is 25.3 Å². The van der Waals surface area contributed by atoms with E-state index in [1.165, 1.54) is 0 Å². The molecule has 5 heteroatoms. The Kier molecular flexibility index (Phi) is 3.25. The number of nitrogens with one attached hydrogen (secondary N) is 1. The minimum atomic E-state index is -0.288. The van der Waals surface area contributed by atoms with Gasteiger partial charge in [0.15, 0.2) is 0 Å². The molecule has 0 spiro atoms. The summed E-state index contributed by atoms with van der Waals surface area (Å²) in [6, 6.07) is -0.0563. The van der Waals surface area contributed by atoms with E-state index in [9.17, 15) is 9.59 Å². The molecule has 2 aliphatic heterocycles. The molecule has 2 amide bonds. The van der Waals surface area contributed by atoms with E-state index in [-0.39, 0.29) is 23.9 Å². The number of amides is 2. The summed E-state index contributed by atoms with van der Waals surface area (Å²) < 4.78 is 0. The van der Waals surface area contributed by atoms with E-state index < -0.39 is 0 Å². The van der Waals surface area contributed by atoms with Crippen molar-refractivity contribution in [2.45, 2.75) is 38.3 Å². The molecule has 90 valence electrons. The van der Waals surface area contributed by atoms with Crippen LogP contribution in [0, 0.1) is 5.92 Å². The zero-order chi connectivity index (χ0) is 11.7. The molecule has 3 unspecified atom stereocenters. The molecule has 2 heterocycles. The Morgan fingerprint density at radius 1 is 1.50 bits per heavy atom. The van der Waals surface area contributed by atoms with E-state index in [1.54, 1.807) is 0 Å². The molecule has 2 fully saturated rings. The van der Waals surface area contributed by atoms with Crippen LogP contribution < -0.4 is 11.1 Å². The quantitative estimate of drug-likeness (QED) is 0.619. The van der Waals surface area contributed by atoms with Crippen LogP contribution in [-0.4, -0.2) is 41.9 Å². The van der Waals surface area contributed by atoms with Gasteiger partial charge >= 0.3 is 0 Å². The second-order valence-corrected chi connectivity index (χ2v) is 4.79. The Hall–Kier alpha value is -0.940. The summed E-state index contributed by atoms with van der Waals surface area (Å²) in [6.45, 7) is 3.59. The lowest BCUT2D eigenvalue weighted by Gasteiger charge is -2.41. The van der Waals surface area contributed by atoms with Gasteiger partial charge < -0.3 is 5.73 Å². The number of imide groups is 1. The van der Waals surface area contributed by atoms with E-state index in [4.69, 9.17) is 5.73 Å². The van der Waals surface area contributed by atoms with Crippen molar-refractivity contribution < 1.29 is 9.59 Å². The first-order valence-corrected chi connectivity index (χ1v) is 5.93. The SMILES string of the molecule is CC1CCCN(C2CC(=O)NC2=O)C1CN. The molecule has 3 N–H and O–H groups in total. The number of carbonyl (C=O) groups is 2. The Labute approximate surface area is 95.3 Å². The molecule has 2 saturated heterocycles. The lowest BCUT2D eigenvalue weighted by atomic mass is 9.89. The maximum Gasteiger partial charge on any atom is 0.244 e. The number of hydrogen-bond donors (Lipinski definition) is 2. The van der Waals surface area contributed by atoms with Gasteiger partial charge in [0, 0.05) is 12.6 Å². The summed E-state index contributed by atoms with van der Waals surface area (Å²) in [5.74, 6) is 0.184. The van der Waals surface area contributed by atoms with Gasteiger partial charge in [-0.3, -0.25) is 19.8 Å². The number of likely N-dealkylation sites (tertiary alicyclic amines) is 1. The minimum absolute atomic E-state index is 0.155. The molecule has 2 aliphatic rings. The first-order valence-electron chi connectivity index (χ1n) is 5.93. The van der Waals surface area contributed by atoms with E-state index in [0.717, 1.165) is 19.4 Å². The van der Waals surface area contributed by atoms with Gasteiger partial charge in [-0.1, -0.05) is 6.92 Å². The fraction of sp³-hybridized carbons (Fsp3) is 0.818. The smallest absolute Gasteiger partial charge is 0.244 e. The molecule has 3 atom stereocenters. The predicted molar refractivity (Wildman–Crippen MR) is 59.5 cm³/mol. The van der Waals surface area contributed by atoms with Gasteiger partial charge in [0.25, 0.3) is 0 Å². The van der Waals surface area contributed by atoms with Crippen molar-refractivity contribution >= 4 is 11.8 Å². The molecule has 0 bridgehead atoms. The molecule has 0 radical (unpaired) electrons. The first kappa shape index (κ1) is 11.5. The normalized spacial score (nSPS) is 36.5. The van der Waals surface area contributed by atoms with E-state index in [1.807, 2.05) is 0 Å². The minimum Gasteiger partial charge on any atom is -0.329 e. The molecule has 2 rings (SSSR count). The van der Waals surface area contributed by atoms with Gasteiger partial charge in [0.1, 0.15) is 0 Å². The monoisotopic (exact) mass is 225 g/mol. The zero-order valence-corrected chi connectivity index (χ0v) is 9.61. The molecular formula is C11H19N3O2. The molecule has 0 aliphatic carbocycles. The van der Waals surface area contributed by atoms with Crippen molar-refractivity contribution in [1.82, 2.24) is 10.2 Å². The van der Waals surface area contributed by atoms with E-state index >= 15 is 0 Å². The average molecular weight is 225 g/mol. The molecule has 0 aromatic heterocycles. The zero-order valence-electron chi connectivity index (χ0n) is 9.61. The molecule has 0 aromatic rings. The lowest BCUT2D eigenvalue weighted by Crippen LogP contribution is -2.55. The van der Waals surface area contributed by atoms with Crippen molar-refractivity contribution in [3.8, 4) is 0 Å². The van der Waals surface area contributed by atoms with Gasteiger partial charge in [-0.15, -0.1) is 0 Å². The van der Waals surface area contributed by atoms with Gasteiger partial charge in [0.05, 0.1) is 12.5 Å². The van der Waals surface area contributed by atoms with Crippen molar-refractivity contribution in [2.75, 3.05) is 13.1 Å². The fourth-order valence-corrected chi connectivity index (χ4v) is 2.84. The van der Waals surface area contributed by atoms with Crippen LogP contribution in [0.25, 0.3) is 0 Å². The van der Waals surface area contributed by atoms with E-state index in [2.05, 4.69) is 17.1 Å². The van der Waals surface area contributed by atoms with Gasteiger partial charge in [-0.25, -0.2) is 0 Å². The summed E-state index contributed by atoms with van der Waals surface area (Å²) in [5, 5.41) is 2.36. The Morgan fingerprint density at radius 3 is 2.81 bits per heavy atom. The van der Waals surface area contributed by atoms with Crippen molar-refractivity contribution in [3.63, 3.8) is 0 Å². The third-order valence-electron chi connectivity index (χ3n) is 3.74. The van der Waals surface area contributed by atoms with Crippen LogP contribution in [0.15, 0.2) is 0 Å². The van der Waals surface area contributed by atoms with Crippen LogP contribution in [0.1, 0.15) is 26.2 Å². The topological polar surface area (TPSA) is 75.4 Å². The number of piperidine rings is 1. The Balaban J connectivity index is 2.12. The first-order chi connectivity index (χ1) is 7.63. The molecule has 16 heavy (non-hydrogen) atoms.